The topological polar surface area (TPSA) is 27.7 Å². The molecule has 52 valence electrons. The first-order valence-corrected chi connectivity index (χ1v) is 3.27. The zero-order chi connectivity index (χ0) is 6.16. The van der Waals surface area contributed by atoms with Crippen molar-refractivity contribution in [3.05, 3.63) is 0 Å². The third kappa shape index (κ3) is 0.852. The standard InChI is InChI=1S/C6H10O3/c1-2-6(8-3-1)4-7-5-9-6/h1-5H2. The maximum Gasteiger partial charge on any atom is 0.194 e. The van der Waals surface area contributed by atoms with Crippen molar-refractivity contribution in [2.75, 3.05) is 20.0 Å². The Labute approximate surface area is 53.9 Å². The van der Waals surface area contributed by atoms with Gasteiger partial charge in [-0.3, -0.25) is 0 Å². The number of hydrogen-bond acceptors (Lipinski definition) is 3. The van der Waals surface area contributed by atoms with Crippen molar-refractivity contribution in [1.29, 1.82) is 0 Å². The van der Waals surface area contributed by atoms with Crippen LogP contribution in [0.4, 0.5) is 0 Å². The molecule has 0 amide bonds. The van der Waals surface area contributed by atoms with Gasteiger partial charge in [-0.15, -0.1) is 0 Å². The van der Waals surface area contributed by atoms with Gasteiger partial charge in [-0.1, -0.05) is 0 Å². The van der Waals surface area contributed by atoms with Gasteiger partial charge in [0.1, 0.15) is 6.61 Å². The Bertz CT molecular complexity index is 83.4. The Morgan fingerprint density at radius 2 is 2.22 bits per heavy atom. The minimum atomic E-state index is -0.333. The molecule has 2 saturated heterocycles. The van der Waals surface area contributed by atoms with Crippen LogP contribution < -0.4 is 0 Å². The number of rotatable bonds is 0. The van der Waals surface area contributed by atoms with Gasteiger partial charge in [0.15, 0.2) is 12.6 Å². The van der Waals surface area contributed by atoms with E-state index in [-0.39, 0.29) is 5.79 Å². The summed E-state index contributed by atoms with van der Waals surface area (Å²) in [7, 11) is 0. The van der Waals surface area contributed by atoms with E-state index < -0.39 is 0 Å². The highest BCUT2D eigenvalue weighted by Crippen LogP contribution is 2.30. The highest BCUT2D eigenvalue weighted by Gasteiger charge is 2.40. The minimum Gasteiger partial charge on any atom is -0.350 e. The average Bonchev–Trinajstić information content (AvgIpc) is 2.45. The predicted molar refractivity (Wildman–Crippen MR) is 29.8 cm³/mol. The molecule has 1 atom stereocenters. The Balaban J connectivity index is 2.04. The molecule has 2 aliphatic rings. The molecule has 3 heteroatoms. The van der Waals surface area contributed by atoms with Crippen LogP contribution in [0.3, 0.4) is 0 Å². The van der Waals surface area contributed by atoms with Gasteiger partial charge >= 0.3 is 0 Å². The van der Waals surface area contributed by atoms with Crippen molar-refractivity contribution in [3.8, 4) is 0 Å². The molecule has 0 N–H and O–H groups in total. The smallest absolute Gasteiger partial charge is 0.194 e. The summed E-state index contributed by atoms with van der Waals surface area (Å²) in [5.41, 5.74) is 0. The van der Waals surface area contributed by atoms with Crippen LogP contribution in [0.5, 0.6) is 0 Å². The molecular weight excluding hydrogens is 120 g/mol. The van der Waals surface area contributed by atoms with Crippen LogP contribution in [0.1, 0.15) is 12.8 Å². The van der Waals surface area contributed by atoms with E-state index in [0.29, 0.717) is 13.4 Å². The fraction of sp³-hybridized carbons (Fsp3) is 1.00. The van der Waals surface area contributed by atoms with Crippen molar-refractivity contribution in [2.24, 2.45) is 0 Å². The van der Waals surface area contributed by atoms with Crippen molar-refractivity contribution in [3.63, 3.8) is 0 Å². The van der Waals surface area contributed by atoms with E-state index in [2.05, 4.69) is 0 Å². The monoisotopic (exact) mass is 130 g/mol. The normalized spacial score (nSPS) is 42.7. The largest absolute Gasteiger partial charge is 0.350 e. The average molecular weight is 130 g/mol. The first kappa shape index (κ1) is 5.65. The molecule has 1 spiro atoms. The lowest BCUT2D eigenvalue weighted by Crippen LogP contribution is -2.29. The van der Waals surface area contributed by atoms with Crippen LogP contribution >= 0.6 is 0 Å². The molecule has 1 unspecified atom stereocenters. The predicted octanol–water partition coefficient (Wildman–Crippen LogP) is 0.497. The summed E-state index contributed by atoms with van der Waals surface area (Å²) >= 11 is 0. The van der Waals surface area contributed by atoms with Gasteiger partial charge < -0.3 is 14.2 Å². The third-order valence-corrected chi connectivity index (χ3v) is 1.79. The quantitative estimate of drug-likeness (QED) is 0.478. The van der Waals surface area contributed by atoms with Crippen molar-refractivity contribution in [1.82, 2.24) is 0 Å². The summed E-state index contributed by atoms with van der Waals surface area (Å²) in [6.07, 6.45) is 2.09. The maximum absolute atomic E-state index is 5.35. The molecular formula is C6H10O3. The second kappa shape index (κ2) is 1.94. The van der Waals surface area contributed by atoms with Crippen LogP contribution in [0.2, 0.25) is 0 Å². The minimum absolute atomic E-state index is 0.333. The summed E-state index contributed by atoms with van der Waals surface area (Å²) in [6, 6.07) is 0. The zero-order valence-corrected chi connectivity index (χ0v) is 5.26. The Morgan fingerprint density at radius 1 is 1.22 bits per heavy atom. The third-order valence-electron chi connectivity index (χ3n) is 1.79. The van der Waals surface area contributed by atoms with E-state index in [1.807, 2.05) is 0 Å². The van der Waals surface area contributed by atoms with E-state index in [1.54, 1.807) is 0 Å². The molecule has 0 aromatic carbocycles. The number of ether oxygens (including phenoxy) is 3. The molecule has 0 aromatic heterocycles. The number of hydrogen-bond donors (Lipinski definition) is 0. The molecule has 0 radical (unpaired) electrons. The van der Waals surface area contributed by atoms with E-state index in [4.69, 9.17) is 14.2 Å². The van der Waals surface area contributed by atoms with Crippen molar-refractivity contribution < 1.29 is 14.2 Å². The summed E-state index contributed by atoms with van der Waals surface area (Å²) in [4.78, 5) is 0. The second-order valence-corrected chi connectivity index (χ2v) is 2.47. The lowest BCUT2D eigenvalue weighted by atomic mass is 10.2. The van der Waals surface area contributed by atoms with E-state index in [1.165, 1.54) is 0 Å². The molecule has 2 fully saturated rings. The van der Waals surface area contributed by atoms with Crippen LogP contribution in [0.15, 0.2) is 0 Å². The lowest BCUT2D eigenvalue weighted by Gasteiger charge is -2.17. The SMILES string of the molecule is C1COC2(C1)COCO2. The van der Waals surface area contributed by atoms with Crippen LogP contribution in [0.25, 0.3) is 0 Å². The van der Waals surface area contributed by atoms with Gasteiger partial charge in [0.25, 0.3) is 0 Å². The van der Waals surface area contributed by atoms with Gasteiger partial charge in [-0.25, -0.2) is 0 Å². The molecule has 0 saturated carbocycles. The van der Waals surface area contributed by atoms with Crippen LogP contribution in [-0.4, -0.2) is 25.8 Å². The van der Waals surface area contributed by atoms with Crippen molar-refractivity contribution >= 4 is 0 Å². The zero-order valence-electron chi connectivity index (χ0n) is 5.26. The molecule has 2 heterocycles. The highest BCUT2D eigenvalue weighted by atomic mass is 16.8. The van der Waals surface area contributed by atoms with Gasteiger partial charge in [0.2, 0.25) is 0 Å². The Hall–Kier alpha value is -0.120. The van der Waals surface area contributed by atoms with Crippen LogP contribution in [-0.2, 0) is 14.2 Å². The van der Waals surface area contributed by atoms with Gasteiger partial charge in [-0.2, -0.15) is 0 Å². The van der Waals surface area contributed by atoms with E-state index >= 15 is 0 Å². The molecule has 2 aliphatic heterocycles. The molecule has 0 bridgehead atoms. The summed E-state index contributed by atoms with van der Waals surface area (Å²) in [5.74, 6) is -0.333. The van der Waals surface area contributed by atoms with E-state index in [9.17, 15) is 0 Å². The fourth-order valence-electron chi connectivity index (χ4n) is 1.29. The second-order valence-electron chi connectivity index (χ2n) is 2.47. The Morgan fingerprint density at radius 3 is 2.78 bits per heavy atom. The first-order valence-electron chi connectivity index (χ1n) is 3.27. The first-order chi connectivity index (χ1) is 4.41. The summed E-state index contributed by atoms with van der Waals surface area (Å²) in [5, 5.41) is 0. The van der Waals surface area contributed by atoms with Crippen molar-refractivity contribution in [2.45, 2.75) is 18.6 Å². The van der Waals surface area contributed by atoms with Gasteiger partial charge in [0.05, 0.1) is 6.61 Å². The Kier molecular flexibility index (Phi) is 1.22. The molecule has 0 aromatic rings. The fourth-order valence-corrected chi connectivity index (χ4v) is 1.29. The molecule has 9 heavy (non-hydrogen) atoms. The van der Waals surface area contributed by atoms with Crippen LogP contribution in [0, 0.1) is 0 Å². The van der Waals surface area contributed by atoms with Gasteiger partial charge in [0, 0.05) is 6.42 Å². The highest BCUT2D eigenvalue weighted by molar-refractivity contribution is 4.76. The summed E-state index contributed by atoms with van der Waals surface area (Å²) in [6.45, 7) is 1.84. The van der Waals surface area contributed by atoms with Gasteiger partial charge in [-0.05, 0) is 6.42 Å². The molecule has 2 rings (SSSR count). The molecule has 0 aliphatic carbocycles. The maximum atomic E-state index is 5.35. The van der Waals surface area contributed by atoms with E-state index in [0.717, 1.165) is 19.4 Å². The lowest BCUT2D eigenvalue weighted by molar-refractivity contribution is -0.171. The summed E-state index contributed by atoms with van der Waals surface area (Å²) < 4.78 is 15.6. The molecule has 3 nitrogen and oxygen atoms in total.